The average molecular weight is 367 g/mol. The number of hydrogen-bond donors (Lipinski definition) is 1. The lowest BCUT2D eigenvalue weighted by Gasteiger charge is -2.35. The molecule has 144 valence electrons. The Morgan fingerprint density at radius 3 is 2.78 bits per heavy atom. The molecule has 4 nitrogen and oxygen atoms in total. The first-order valence-corrected chi connectivity index (χ1v) is 10.1. The van der Waals surface area contributed by atoms with Gasteiger partial charge in [-0.05, 0) is 73.2 Å². The van der Waals surface area contributed by atoms with E-state index in [4.69, 9.17) is 9.47 Å². The Morgan fingerprint density at radius 1 is 1.04 bits per heavy atom. The van der Waals surface area contributed by atoms with Crippen molar-refractivity contribution < 1.29 is 9.47 Å². The third-order valence-electron chi connectivity index (χ3n) is 5.82. The molecule has 0 radical (unpaired) electrons. The third-order valence-corrected chi connectivity index (χ3v) is 5.82. The molecule has 4 rings (SSSR count). The molecular weight excluding hydrogens is 336 g/mol. The van der Waals surface area contributed by atoms with Crippen LogP contribution >= 0.6 is 0 Å². The number of aryl methyl sites for hydroxylation is 1. The summed E-state index contributed by atoms with van der Waals surface area (Å²) in [6, 6.07) is 11.1. The van der Waals surface area contributed by atoms with Crippen LogP contribution in [0.1, 0.15) is 23.1 Å². The van der Waals surface area contributed by atoms with Crippen LogP contribution in [-0.2, 0) is 24.0 Å². The molecule has 0 saturated carbocycles. The quantitative estimate of drug-likeness (QED) is 0.879. The number of ether oxygens (including phenoxy) is 2. The topological polar surface area (TPSA) is 33.7 Å². The minimum Gasteiger partial charge on any atom is -0.497 e. The summed E-state index contributed by atoms with van der Waals surface area (Å²) in [4.78, 5) is 2.54. The molecule has 0 aromatic heterocycles. The maximum atomic E-state index is 5.53. The number of methoxy groups -OCH3 is 2. The highest BCUT2D eigenvalue weighted by atomic mass is 16.5. The standard InChI is InChI=1S/C23H30N2O2/c1-26-14-13-25-12-4-6-19-15-17-8-10-24-11-9-21(17)22(23(19)25)18-5-3-7-20(16-18)27-2/h3,5,7,15-16,24H,4,6,8-14H2,1-2H3. The Hall–Kier alpha value is -2.04. The Kier molecular flexibility index (Phi) is 5.65. The first-order valence-electron chi connectivity index (χ1n) is 10.1. The minimum absolute atomic E-state index is 0.760. The van der Waals surface area contributed by atoms with Crippen LogP contribution in [0.3, 0.4) is 0 Å². The van der Waals surface area contributed by atoms with Gasteiger partial charge in [0.15, 0.2) is 0 Å². The maximum absolute atomic E-state index is 5.53. The van der Waals surface area contributed by atoms with Crippen molar-refractivity contribution in [2.75, 3.05) is 51.9 Å². The largest absolute Gasteiger partial charge is 0.497 e. The normalized spacial score (nSPS) is 16.4. The summed E-state index contributed by atoms with van der Waals surface area (Å²) < 4.78 is 10.9. The molecule has 0 atom stereocenters. The van der Waals surface area contributed by atoms with Gasteiger partial charge in [-0.3, -0.25) is 0 Å². The number of benzene rings is 2. The second kappa shape index (κ2) is 8.32. The van der Waals surface area contributed by atoms with Crippen LogP contribution in [0.2, 0.25) is 0 Å². The minimum atomic E-state index is 0.760. The zero-order valence-electron chi connectivity index (χ0n) is 16.5. The van der Waals surface area contributed by atoms with Gasteiger partial charge in [0.05, 0.1) is 13.7 Å². The van der Waals surface area contributed by atoms with E-state index in [1.807, 2.05) is 6.07 Å². The van der Waals surface area contributed by atoms with Gasteiger partial charge in [0, 0.05) is 31.5 Å². The Labute approximate surface area is 162 Å². The van der Waals surface area contributed by atoms with Gasteiger partial charge in [-0.15, -0.1) is 0 Å². The average Bonchev–Trinajstić information content (AvgIpc) is 2.95. The Morgan fingerprint density at radius 2 is 1.93 bits per heavy atom. The molecule has 0 bridgehead atoms. The van der Waals surface area contributed by atoms with Crippen LogP contribution in [0.4, 0.5) is 5.69 Å². The number of fused-ring (bicyclic) bond motifs is 2. The summed E-state index contributed by atoms with van der Waals surface area (Å²) >= 11 is 0. The van der Waals surface area contributed by atoms with E-state index in [0.29, 0.717) is 0 Å². The molecule has 27 heavy (non-hydrogen) atoms. The molecule has 2 heterocycles. The number of nitrogens with one attached hydrogen (secondary N) is 1. The lowest BCUT2D eigenvalue weighted by atomic mass is 9.85. The first kappa shape index (κ1) is 18.3. The van der Waals surface area contributed by atoms with Crippen molar-refractivity contribution in [3.05, 3.63) is 47.0 Å². The smallest absolute Gasteiger partial charge is 0.119 e. The van der Waals surface area contributed by atoms with Crippen LogP contribution < -0.4 is 15.0 Å². The van der Waals surface area contributed by atoms with E-state index < -0.39 is 0 Å². The fourth-order valence-corrected chi connectivity index (χ4v) is 4.54. The zero-order chi connectivity index (χ0) is 18.6. The predicted octanol–water partition coefficient (Wildman–Crippen LogP) is 3.45. The molecule has 0 aliphatic carbocycles. The molecule has 2 aliphatic heterocycles. The van der Waals surface area contributed by atoms with Crippen molar-refractivity contribution in [2.45, 2.75) is 25.7 Å². The SMILES string of the molecule is COCCN1CCCc2cc3c(c(-c4cccc(OC)c4)c21)CCNCC3. The van der Waals surface area contributed by atoms with Crippen LogP contribution in [0.15, 0.2) is 30.3 Å². The highest BCUT2D eigenvalue weighted by molar-refractivity contribution is 5.86. The zero-order valence-corrected chi connectivity index (χ0v) is 16.5. The highest BCUT2D eigenvalue weighted by Crippen LogP contribution is 2.43. The molecule has 1 N–H and O–H groups in total. The van der Waals surface area contributed by atoms with Gasteiger partial charge < -0.3 is 19.7 Å². The van der Waals surface area contributed by atoms with Crippen LogP contribution in [0, 0.1) is 0 Å². The Bertz CT molecular complexity index is 803. The van der Waals surface area contributed by atoms with Crippen molar-refractivity contribution in [2.24, 2.45) is 0 Å². The molecule has 0 saturated heterocycles. The Balaban J connectivity index is 1.92. The summed E-state index contributed by atoms with van der Waals surface area (Å²) in [6.07, 6.45) is 4.56. The van der Waals surface area contributed by atoms with Gasteiger partial charge in [0.2, 0.25) is 0 Å². The summed E-state index contributed by atoms with van der Waals surface area (Å²) in [5, 5.41) is 3.57. The van der Waals surface area contributed by atoms with Crippen molar-refractivity contribution in [1.29, 1.82) is 0 Å². The van der Waals surface area contributed by atoms with Gasteiger partial charge in [-0.25, -0.2) is 0 Å². The van der Waals surface area contributed by atoms with Crippen molar-refractivity contribution in [1.82, 2.24) is 5.32 Å². The van der Waals surface area contributed by atoms with Gasteiger partial charge in [0.25, 0.3) is 0 Å². The van der Waals surface area contributed by atoms with Crippen LogP contribution in [0.5, 0.6) is 5.75 Å². The molecule has 2 aromatic rings. The van der Waals surface area contributed by atoms with E-state index in [1.54, 1.807) is 14.2 Å². The number of anilines is 1. The van der Waals surface area contributed by atoms with Crippen LogP contribution in [-0.4, -0.2) is 47.0 Å². The fraction of sp³-hybridized carbons (Fsp3) is 0.478. The summed E-state index contributed by atoms with van der Waals surface area (Å²) in [5.74, 6) is 0.921. The molecule has 4 heteroatoms. The van der Waals surface area contributed by atoms with E-state index in [0.717, 1.165) is 57.8 Å². The molecule has 2 aliphatic rings. The first-order chi connectivity index (χ1) is 13.3. The fourth-order valence-electron chi connectivity index (χ4n) is 4.54. The maximum Gasteiger partial charge on any atom is 0.119 e. The molecule has 0 spiro atoms. The number of hydrogen-bond acceptors (Lipinski definition) is 4. The second-order valence-electron chi connectivity index (χ2n) is 7.46. The highest BCUT2D eigenvalue weighted by Gasteiger charge is 2.26. The van der Waals surface area contributed by atoms with E-state index in [9.17, 15) is 0 Å². The predicted molar refractivity (Wildman–Crippen MR) is 111 cm³/mol. The van der Waals surface area contributed by atoms with Crippen LogP contribution in [0.25, 0.3) is 11.1 Å². The molecular formula is C23H30N2O2. The number of nitrogens with zero attached hydrogens (tertiary/aromatic N) is 1. The van der Waals surface area contributed by atoms with Crippen molar-refractivity contribution >= 4 is 5.69 Å². The molecule has 0 unspecified atom stereocenters. The van der Waals surface area contributed by atoms with E-state index >= 15 is 0 Å². The molecule has 0 amide bonds. The lowest BCUT2D eigenvalue weighted by molar-refractivity contribution is 0.205. The number of rotatable bonds is 5. The van der Waals surface area contributed by atoms with Gasteiger partial charge in [0.1, 0.15) is 5.75 Å². The second-order valence-corrected chi connectivity index (χ2v) is 7.46. The summed E-state index contributed by atoms with van der Waals surface area (Å²) in [7, 11) is 3.53. The molecule has 2 aromatic carbocycles. The van der Waals surface area contributed by atoms with E-state index in [2.05, 4.69) is 34.5 Å². The lowest BCUT2D eigenvalue weighted by Crippen LogP contribution is -2.33. The van der Waals surface area contributed by atoms with Gasteiger partial charge >= 0.3 is 0 Å². The van der Waals surface area contributed by atoms with E-state index in [1.165, 1.54) is 39.9 Å². The van der Waals surface area contributed by atoms with Crippen molar-refractivity contribution in [3.63, 3.8) is 0 Å². The van der Waals surface area contributed by atoms with Crippen molar-refractivity contribution in [3.8, 4) is 16.9 Å². The molecule has 0 fully saturated rings. The van der Waals surface area contributed by atoms with E-state index in [-0.39, 0.29) is 0 Å². The van der Waals surface area contributed by atoms with Gasteiger partial charge in [-0.2, -0.15) is 0 Å². The monoisotopic (exact) mass is 366 g/mol. The summed E-state index contributed by atoms with van der Waals surface area (Å²) in [5.41, 5.74) is 8.64. The van der Waals surface area contributed by atoms with Gasteiger partial charge in [-0.1, -0.05) is 18.2 Å². The third kappa shape index (κ3) is 3.69. The summed E-state index contributed by atoms with van der Waals surface area (Å²) in [6.45, 7) is 4.91.